The van der Waals surface area contributed by atoms with E-state index in [0.29, 0.717) is 59.8 Å². The second-order valence-electron chi connectivity index (χ2n) is 13.0. The monoisotopic (exact) mass is 770 g/mol. The van der Waals surface area contributed by atoms with Gasteiger partial charge >= 0.3 is 0 Å². The molecule has 0 spiro atoms. The van der Waals surface area contributed by atoms with Gasteiger partial charge in [0.25, 0.3) is 0 Å². The summed E-state index contributed by atoms with van der Waals surface area (Å²) in [5.74, 6) is -1.33. The summed E-state index contributed by atoms with van der Waals surface area (Å²) in [6.07, 6.45) is 4.25. The van der Waals surface area contributed by atoms with Gasteiger partial charge in [-0.1, -0.05) is 43.1 Å². The van der Waals surface area contributed by atoms with E-state index in [9.17, 15) is 4.79 Å². The molecule has 0 radical (unpaired) electrons. The van der Waals surface area contributed by atoms with Crippen molar-refractivity contribution in [3.8, 4) is 5.75 Å². The number of halogens is 3. The van der Waals surface area contributed by atoms with E-state index < -0.39 is 11.9 Å². The number of anilines is 3. The molecule has 286 valence electrons. The molecule has 0 bridgehead atoms. The average molecular weight is 772 g/mol. The lowest BCUT2D eigenvalue weighted by Gasteiger charge is -2.37. The molecule has 2 saturated heterocycles. The molecule has 0 saturated carbocycles. The van der Waals surface area contributed by atoms with Crippen LogP contribution in [0.4, 0.5) is 21.5 Å². The Labute approximate surface area is 321 Å². The minimum absolute atomic E-state index is 0.130. The van der Waals surface area contributed by atoms with Crippen LogP contribution >= 0.6 is 23.2 Å². The van der Waals surface area contributed by atoms with Crippen molar-refractivity contribution in [2.24, 2.45) is 5.10 Å². The van der Waals surface area contributed by atoms with E-state index >= 15 is 4.39 Å². The van der Waals surface area contributed by atoms with Gasteiger partial charge in [0.2, 0.25) is 11.7 Å². The second kappa shape index (κ2) is 18.9. The molecule has 12 nitrogen and oxygen atoms in total. The molecular formula is C38H49Cl2FN8O4. The maximum atomic E-state index is 15.5. The quantitative estimate of drug-likeness (QED) is 0.0830. The number of nitrogens with zero attached hydrogens (tertiary/aromatic N) is 5. The molecule has 2 heterocycles. The Morgan fingerprint density at radius 1 is 1.09 bits per heavy atom. The molecule has 3 aromatic carbocycles. The topological polar surface area (TPSA) is 118 Å². The first-order chi connectivity index (χ1) is 25.5. The standard InChI is InChI=1S/C38H49Cl2FN8O4/c1-5-29(6-2)45-43-26-49(27(3)50)31-10-8-30(9-11-31)47-17-19-48(20-18-47)37-14-12-32(22-36(37)41)51-23-33-24-52-38(53-33,25-44-46(4)16-15-42)34-13-7-28(39)21-35(34)40/h7-15,21-22,26,29,33,42,44-45H,5-6,16-20,23-25H2,1-4H3/b42-15?,43-26-/t33-,38-/m1/s1. The van der Waals surface area contributed by atoms with Gasteiger partial charge in [-0.2, -0.15) is 5.10 Å². The van der Waals surface area contributed by atoms with E-state index in [1.165, 1.54) is 30.4 Å². The normalized spacial score (nSPS) is 19.0. The summed E-state index contributed by atoms with van der Waals surface area (Å²) in [6.45, 7) is 9.36. The summed E-state index contributed by atoms with van der Waals surface area (Å²) in [4.78, 5) is 18.1. The van der Waals surface area contributed by atoms with Crippen LogP contribution in [0, 0.1) is 11.2 Å². The third-order valence-corrected chi connectivity index (χ3v) is 9.92. The highest BCUT2D eigenvalue weighted by Gasteiger charge is 2.45. The first-order valence-corrected chi connectivity index (χ1v) is 18.6. The maximum absolute atomic E-state index is 15.5. The van der Waals surface area contributed by atoms with Gasteiger partial charge in [0.05, 0.1) is 23.9 Å². The Balaban J connectivity index is 1.15. The zero-order valence-electron chi connectivity index (χ0n) is 30.7. The van der Waals surface area contributed by atoms with Crippen LogP contribution in [0.2, 0.25) is 10.0 Å². The molecule has 53 heavy (non-hydrogen) atoms. The number of hydrogen-bond donors (Lipinski definition) is 3. The fourth-order valence-corrected chi connectivity index (χ4v) is 6.82. The predicted molar refractivity (Wildman–Crippen MR) is 210 cm³/mol. The van der Waals surface area contributed by atoms with Crippen molar-refractivity contribution in [2.75, 3.05) is 74.2 Å². The molecule has 2 fully saturated rings. The van der Waals surface area contributed by atoms with Crippen LogP contribution in [0.25, 0.3) is 0 Å². The molecule has 2 aliphatic heterocycles. The fraction of sp³-hybridized carbons (Fsp3) is 0.447. The number of rotatable bonds is 17. The second-order valence-corrected chi connectivity index (χ2v) is 13.9. The van der Waals surface area contributed by atoms with Crippen molar-refractivity contribution in [3.63, 3.8) is 0 Å². The van der Waals surface area contributed by atoms with Gasteiger partial charge < -0.3 is 34.8 Å². The summed E-state index contributed by atoms with van der Waals surface area (Å²) in [7, 11) is 1.81. The Bertz CT molecular complexity index is 1710. The summed E-state index contributed by atoms with van der Waals surface area (Å²) in [5.41, 5.74) is 9.20. The molecule has 2 atom stereocenters. The van der Waals surface area contributed by atoms with Gasteiger partial charge in [-0.15, -0.1) is 0 Å². The van der Waals surface area contributed by atoms with Gasteiger partial charge in [-0.25, -0.2) is 14.8 Å². The fourth-order valence-electron chi connectivity index (χ4n) is 6.27. The van der Waals surface area contributed by atoms with Crippen LogP contribution in [0.15, 0.2) is 65.8 Å². The third-order valence-electron chi connectivity index (χ3n) is 9.37. The van der Waals surface area contributed by atoms with Gasteiger partial charge in [-0.3, -0.25) is 9.69 Å². The minimum Gasteiger partial charge on any atom is -0.491 e. The van der Waals surface area contributed by atoms with Crippen molar-refractivity contribution >= 4 is 58.7 Å². The Morgan fingerprint density at radius 2 is 1.81 bits per heavy atom. The molecule has 0 aliphatic carbocycles. The molecule has 0 aromatic heterocycles. The van der Waals surface area contributed by atoms with E-state index in [-0.39, 0.29) is 37.5 Å². The molecule has 1 amide bonds. The minimum atomic E-state index is -1.22. The molecule has 3 N–H and O–H groups in total. The van der Waals surface area contributed by atoms with Gasteiger partial charge in [0.1, 0.15) is 30.6 Å². The van der Waals surface area contributed by atoms with Crippen molar-refractivity contribution in [1.82, 2.24) is 15.9 Å². The van der Waals surface area contributed by atoms with E-state index in [1.54, 1.807) is 35.3 Å². The summed E-state index contributed by atoms with van der Waals surface area (Å²) in [5, 5.41) is 14.3. The van der Waals surface area contributed by atoms with Crippen LogP contribution in [0.1, 0.15) is 39.2 Å². The van der Waals surface area contributed by atoms with Crippen LogP contribution in [-0.4, -0.2) is 95.1 Å². The lowest BCUT2D eigenvalue weighted by atomic mass is 10.1. The highest BCUT2D eigenvalue weighted by molar-refractivity contribution is 6.35. The zero-order chi connectivity index (χ0) is 38.0. The number of carbonyl (C=O) groups excluding carboxylic acids is 1. The van der Waals surface area contributed by atoms with Crippen molar-refractivity contribution < 1.29 is 23.4 Å². The molecule has 5 rings (SSSR count). The predicted octanol–water partition coefficient (Wildman–Crippen LogP) is 6.27. The summed E-state index contributed by atoms with van der Waals surface area (Å²) < 4.78 is 34.1. The lowest BCUT2D eigenvalue weighted by Crippen LogP contribution is -2.47. The van der Waals surface area contributed by atoms with Crippen molar-refractivity contribution in [2.45, 2.75) is 51.5 Å². The van der Waals surface area contributed by atoms with Gasteiger partial charge in [0, 0.05) is 87.0 Å². The number of ether oxygens (including phenoxy) is 3. The van der Waals surface area contributed by atoms with E-state index in [4.69, 9.17) is 42.8 Å². The Kier molecular flexibility index (Phi) is 14.3. The molecule has 0 unspecified atom stereocenters. The maximum Gasteiger partial charge on any atom is 0.229 e. The van der Waals surface area contributed by atoms with Gasteiger partial charge in [0.15, 0.2) is 0 Å². The van der Waals surface area contributed by atoms with E-state index in [2.05, 4.69) is 34.7 Å². The number of benzene rings is 3. The number of hydrazone groups is 1. The molecule has 3 aromatic rings. The number of nitrogens with one attached hydrogen (secondary N) is 3. The lowest BCUT2D eigenvalue weighted by molar-refractivity contribution is -0.181. The van der Waals surface area contributed by atoms with E-state index in [1.807, 2.05) is 36.2 Å². The number of piperazine rings is 1. The number of carbonyl (C=O) groups is 1. The summed E-state index contributed by atoms with van der Waals surface area (Å²) in [6, 6.07) is 18.1. The summed E-state index contributed by atoms with van der Waals surface area (Å²) >= 11 is 12.7. The SMILES string of the molecule is CCC(CC)N/N=C\N(C(C)=O)c1ccc(N2CCN(c3ccc(OC[C@@H]4CO[C@@](CNN(C)CC=N)(c5ccc(Cl)cc5Cl)O4)cc3F)CC2)cc1. The average Bonchev–Trinajstić information content (AvgIpc) is 3.57. The highest BCUT2D eigenvalue weighted by atomic mass is 35.5. The molecular weight excluding hydrogens is 722 g/mol. The van der Waals surface area contributed by atoms with E-state index in [0.717, 1.165) is 24.2 Å². The van der Waals surface area contributed by atoms with Gasteiger partial charge in [-0.05, 0) is 61.4 Å². The zero-order valence-corrected chi connectivity index (χ0v) is 32.2. The van der Waals surface area contributed by atoms with Crippen LogP contribution in [0.3, 0.4) is 0 Å². The van der Waals surface area contributed by atoms with Crippen LogP contribution < -0.4 is 30.3 Å². The van der Waals surface area contributed by atoms with Crippen LogP contribution in [-0.2, 0) is 20.1 Å². The highest BCUT2D eigenvalue weighted by Crippen LogP contribution is 2.39. The largest absolute Gasteiger partial charge is 0.491 e. The van der Waals surface area contributed by atoms with Crippen LogP contribution in [0.5, 0.6) is 5.75 Å². The number of hydrazine groups is 1. The first-order valence-electron chi connectivity index (χ1n) is 17.9. The van der Waals surface area contributed by atoms with Crippen molar-refractivity contribution in [1.29, 1.82) is 5.41 Å². The first kappa shape index (κ1) is 40.2. The number of amides is 1. The molecule has 2 aliphatic rings. The number of hydrogen-bond acceptors (Lipinski definition) is 11. The third kappa shape index (κ3) is 10.4. The smallest absolute Gasteiger partial charge is 0.229 e. The Morgan fingerprint density at radius 3 is 2.45 bits per heavy atom. The molecule has 15 heteroatoms. The van der Waals surface area contributed by atoms with Crippen molar-refractivity contribution in [3.05, 3.63) is 82.1 Å². The Hall–Kier alpha value is -3.98.